The van der Waals surface area contributed by atoms with E-state index < -0.39 is 0 Å². The minimum atomic E-state index is 0.488. The molecule has 2 saturated heterocycles. The van der Waals surface area contributed by atoms with Gasteiger partial charge in [0.05, 0.1) is 44.9 Å². The highest BCUT2D eigenvalue weighted by atomic mass is 16.5. The number of aromatic nitrogens is 1. The highest BCUT2D eigenvalue weighted by Gasteiger charge is 2.15. The number of fused-ring (bicyclic) bond motifs is 1. The van der Waals surface area contributed by atoms with E-state index in [2.05, 4.69) is 26.9 Å². The maximum Gasteiger partial charge on any atom is 0.215 e. The van der Waals surface area contributed by atoms with Crippen molar-refractivity contribution in [1.29, 1.82) is 0 Å². The normalized spacial score (nSPS) is 17.8. The summed E-state index contributed by atoms with van der Waals surface area (Å²) in [4.78, 5) is 14.1. The third kappa shape index (κ3) is 5.90. The molecule has 8 nitrogen and oxygen atoms in total. The van der Waals surface area contributed by atoms with Crippen LogP contribution < -0.4 is 9.64 Å². The standard InChI is InChI=1S/C25H30N4O4/c1-2-24-21(3-9-32-24)15-20(1)18-26-19-22-16-23(29-7-12-31-13-8-29)17-25(27-22)33-14-6-28-4-10-30-11-5-28/h1-3,9,15-18H,4-8,10-14,19H2. The molecule has 8 heteroatoms. The van der Waals surface area contributed by atoms with Crippen LogP contribution in [0, 0.1) is 0 Å². The zero-order valence-corrected chi connectivity index (χ0v) is 18.8. The van der Waals surface area contributed by atoms with Crippen molar-refractivity contribution in [3.63, 3.8) is 0 Å². The van der Waals surface area contributed by atoms with Crippen LogP contribution in [0.1, 0.15) is 11.3 Å². The van der Waals surface area contributed by atoms with Gasteiger partial charge >= 0.3 is 0 Å². The molecule has 0 atom stereocenters. The van der Waals surface area contributed by atoms with Gasteiger partial charge in [-0.25, -0.2) is 4.98 Å². The molecule has 2 aliphatic rings. The molecule has 2 aliphatic heterocycles. The first-order valence-electron chi connectivity index (χ1n) is 11.6. The van der Waals surface area contributed by atoms with Crippen LogP contribution in [0.25, 0.3) is 11.0 Å². The number of anilines is 1. The van der Waals surface area contributed by atoms with Gasteiger partial charge in [-0.3, -0.25) is 9.89 Å². The molecular weight excluding hydrogens is 420 g/mol. The Morgan fingerprint density at radius 3 is 2.64 bits per heavy atom. The van der Waals surface area contributed by atoms with Crippen LogP contribution in [0.5, 0.6) is 5.88 Å². The van der Waals surface area contributed by atoms with E-state index in [9.17, 15) is 0 Å². The molecule has 0 bridgehead atoms. The fraction of sp³-hybridized carbons (Fsp3) is 0.440. The highest BCUT2D eigenvalue weighted by Crippen LogP contribution is 2.23. The van der Waals surface area contributed by atoms with Crippen molar-refractivity contribution < 1.29 is 18.6 Å². The smallest absolute Gasteiger partial charge is 0.215 e. The first-order chi connectivity index (χ1) is 16.3. The van der Waals surface area contributed by atoms with Crippen LogP contribution in [0.15, 0.2) is 52.1 Å². The van der Waals surface area contributed by atoms with E-state index in [-0.39, 0.29) is 0 Å². The Hall–Kier alpha value is -2.94. The summed E-state index contributed by atoms with van der Waals surface area (Å²) in [7, 11) is 0. The molecule has 0 radical (unpaired) electrons. The number of nitrogens with zero attached hydrogens (tertiary/aromatic N) is 4. The molecule has 0 saturated carbocycles. The predicted octanol–water partition coefficient (Wildman–Crippen LogP) is 2.99. The average Bonchev–Trinajstić information content (AvgIpc) is 3.33. The second-order valence-electron chi connectivity index (χ2n) is 8.24. The second kappa shape index (κ2) is 10.8. The summed E-state index contributed by atoms with van der Waals surface area (Å²) in [6.45, 7) is 8.66. The van der Waals surface area contributed by atoms with Gasteiger partial charge in [-0.05, 0) is 35.9 Å². The van der Waals surface area contributed by atoms with Gasteiger partial charge in [-0.1, -0.05) is 0 Å². The molecule has 0 aliphatic carbocycles. The molecule has 5 rings (SSSR count). The minimum Gasteiger partial charge on any atom is -0.476 e. The van der Waals surface area contributed by atoms with Gasteiger partial charge in [0.25, 0.3) is 0 Å². The van der Waals surface area contributed by atoms with Crippen molar-refractivity contribution in [1.82, 2.24) is 9.88 Å². The van der Waals surface area contributed by atoms with E-state index in [0.717, 1.165) is 87.1 Å². The van der Waals surface area contributed by atoms with Gasteiger partial charge in [0.1, 0.15) is 12.2 Å². The largest absolute Gasteiger partial charge is 0.476 e. The molecule has 0 unspecified atom stereocenters. The Bertz CT molecular complexity index is 1070. The lowest BCUT2D eigenvalue weighted by Gasteiger charge is -2.29. The van der Waals surface area contributed by atoms with Crippen molar-refractivity contribution in [3.05, 3.63) is 53.9 Å². The molecule has 174 valence electrons. The third-order valence-electron chi connectivity index (χ3n) is 5.95. The summed E-state index contributed by atoms with van der Waals surface area (Å²) in [6, 6.07) is 12.1. The molecule has 33 heavy (non-hydrogen) atoms. The van der Waals surface area contributed by atoms with E-state index in [4.69, 9.17) is 23.6 Å². The lowest BCUT2D eigenvalue weighted by atomic mass is 10.2. The molecule has 0 spiro atoms. The van der Waals surface area contributed by atoms with Crippen LogP contribution in [-0.2, 0) is 16.0 Å². The van der Waals surface area contributed by atoms with Gasteiger partial charge < -0.3 is 23.5 Å². The fourth-order valence-electron chi connectivity index (χ4n) is 4.12. The number of benzene rings is 1. The van der Waals surface area contributed by atoms with Gasteiger partial charge in [-0.2, -0.15) is 0 Å². The molecular formula is C25H30N4O4. The minimum absolute atomic E-state index is 0.488. The van der Waals surface area contributed by atoms with Crippen LogP contribution in [-0.4, -0.2) is 81.9 Å². The summed E-state index contributed by atoms with van der Waals surface area (Å²) in [5.41, 5.74) is 3.92. The molecule has 3 aromatic rings. The third-order valence-corrected chi connectivity index (χ3v) is 5.95. The molecule has 2 fully saturated rings. The Morgan fingerprint density at radius 1 is 0.970 bits per heavy atom. The highest BCUT2D eigenvalue weighted by molar-refractivity contribution is 5.88. The first-order valence-corrected chi connectivity index (χ1v) is 11.6. The molecule has 2 aromatic heterocycles. The van der Waals surface area contributed by atoms with Crippen molar-refractivity contribution >= 4 is 22.9 Å². The van der Waals surface area contributed by atoms with Gasteiger partial charge in [0.2, 0.25) is 5.88 Å². The summed E-state index contributed by atoms with van der Waals surface area (Å²) in [6.07, 6.45) is 3.59. The Morgan fingerprint density at radius 2 is 1.79 bits per heavy atom. The summed E-state index contributed by atoms with van der Waals surface area (Å²) < 4.78 is 22.4. The van der Waals surface area contributed by atoms with E-state index in [1.807, 2.05) is 30.5 Å². The summed E-state index contributed by atoms with van der Waals surface area (Å²) >= 11 is 0. The average molecular weight is 451 g/mol. The molecule has 0 amide bonds. The van der Waals surface area contributed by atoms with Crippen LogP contribution in [0.3, 0.4) is 0 Å². The number of rotatable bonds is 8. The van der Waals surface area contributed by atoms with Crippen LogP contribution in [0.2, 0.25) is 0 Å². The maximum absolute atomic E-state index is 6.07. The van der Waals surface area contributed by atoms with Gasteiger partial charge in [0, 0.05) is 56.1 Å². The SMILES string of the molecule is C(=NCc1cc(N2CCOCC2)cc(OCCN2CCOCC2)n1)c1ccc2occc2c1. The number of ether oxygens (including phenoxy) is 3. The van der Waals surface area contributed by atoms with E-state index in [0.29, 0.717) is 19.0 Å². The number of furan rings is 1. The van der Waals surface area contributed by atoms with Crippen molar-refractivity contribution in [2.75, 3.05) is 70.7 Å². The molecule has 4 heterocycles. The van der Waals surface area contributed by atoms with Crippen LogP contribution in [0.4, 0.5) is 5.69 Å². The van der Waals surface area contributed by atoms with E-state index in [1.165, 1.54) is 0 Å². The molecule has 0 N–H and O–H groups in total. The monoisotopic (exact) mass is 450 g/mol. The van der Waals surface area contributed by atoms with Crippen molar-refractivity contribution in [2.45, 2.75) is 6.54 Å². The zero-order valence-electron chi connectivity index (χ0n) is 18.8. The number of pyridine rings is 1. The fourth-order valence-corrected chi connectivity index (χ4v) is 4.12. The Balaban J connectivity index is 1.27. The summed E-state index contributed by atoms with van der Waals surface area (Å²) in [5.74, 6) is 0.650. The zero-order chi connectivity index (χ0) is 22.3. The van der Waals surface area contributed by atoms with Crippen LogP contribution >= 0.6 is 0 Å². The van der Waals surface area contributed by atoms with Gasteiger partial charge in [-0.15, -0.1) is 0 Å². The number of hydrogen-bond donors (Lipinski definition) is 0. The van der Waals surface area contributed by atoms with Crippen molar-refractivity contribution in [3.8, 4) is 5.88 Å². The lowest BCUT2D eigenvalue weighted by molar-refractivity contribution is 0.0320. The Kier molecular flexibility index (Phi) is 7.15. The second-order valence-corrected chi connectivity index (χ2v) is 8.24. The maximum atomic E-state index is 6.07. The number of aliphatic imine (C=N–C) groups is 1. The van der Waals surface area contributed by atoms with Crippen molar-refractivity contribution in [2.24, 2.45) is 4.99 Å². The van der Waals surface area contributed by atoms with E-state index >= 15 is 0 Å². The first kappa shape index (κ1) is 21.9. The lowest BCUT2D eigenvalue weighted by Crippen LogP contribution is -2.38. The van der Waals surface area contributed by atoms with E-state index in [1.54, 1.807) is 6.26 Å². The molecule has 1 aromatic carbocycles. The number of hydrogen-bond acceptors (Lipinski definition) is 8. The quantitative estimate of drug-likeness (QED) is 0.489. The Labute approximate surface area is 193 Å². The predicted molar refractivity (Wildman–Crippen MR) is 128 cm³/mol. The van der Waals surface area contributed by atoms with Gasteiger partial charge in [0.15, 0.2) is 0 Å². The number of morpholine rings is 2. The topological polar surface area (TPSA) is 72.6 Å². The summed E-state index contributed by atoms with van der Waals surface area (Å²) in [5, 5.41) is 1.07.